The largest absolute Gasteiger partial charge is 0.396 e. The highest BCUT2D eigenvalue weighted by Gasteiger charge is 2.55. The Morgan fingerprint density at radius 2 is 1.94 bits per heavy atom. The molecule has 0 aliphatic heterocycles. The van der Waals surface area contributed by atoms with Gasteiger partial charge in [-0.05, 0) is 24.5 Å². The summed E-state index contributed by atoms with van der Waals surface area (Å²) in [5, 5.41) is 8.69. The van der Waals surface area contributed by atoms with Gasteiger partial charge in [-0.1, -0.05) is 23.2 Å². The van der Waals surface area contributed by atoms with Crippen molar-refractivity contribution in [2.24, 2.45) is 11.8 Å². The van der Waals surface area contributed by atoms with E-state index in [2.05, 4.69) is 4.98 Å². The number of halogens is 4. The van der Waals surface area contributed by atoms with Crippen molar-refractivity contribution in [1.82, 2.24) is 4.98 Å². The lowest BCUT2D eigenvalue weighted by Crippen LogP contribution is -2.18. The third-order valence-electron chi connectivity index (χ3n) is 2.77. The molecule has 1 saturated carbocycles. The lowest BCUT2D eigenvalue weighted by molar-refractivity contribution is -0.0363. The van der Waals surface area contributed by atoms with Crippen LogP contribution in [0.4, 0.5) is 8.78 Å². The molecule has 1 aliphatic carbocycles. The highest BCUT2D eigenvalue weighted by molar-refractivity contribution is 6.32. The van der Waals surface area contributed by atoms with Gasteiger partial charge in [0.2, 0.25) is 0 Å². The Balaban J connectivity index is 2.29. The maximum atomic E-state index is 13.9. The summed E-state index contributed by atoms with van der Waals surface area (Å²) in [5.41, 5.74) is -0.238. The molecule has 88 valence electrons. The fourth-order valence-corrected chi connectivity index (χ4v) is 2.23. The summed E-state index contributed by atoms with van der Waals surface area (Å²) >= 11 is 11.1. The second kappa shape index (κ2) is 4.09. The summed E-state index contributed by atoms with van der Waals surface area (Å²) in [6.07, 6.45) is 0.320. The van der Waals surface area contributed by atoms with Crippen molar-refractivity contribution in [1.29, 1.82) is 0 Å². The van der Waals surface area contributed by atoms with E-state index in [9.17, 15) is 8.78 Å². The Kier molecular flexibility index (Phi) is 3.07. The Hall–Kier alpha value is -0.450. The molecule has 0 bridgehead atoms. The van der Waals surface area contributed by atoms with Crippen LogP contribution in [-0.4, -0.2) is 16.7 Å². The third-order valence-corrected chi connectivity index (χ3v) is 3.16. The topological polar surface area (TPSA) is 33.1 Å². The van der Waals surface area contributed by atoms with Crippen LogP contribution in [0.5, 0.6) is 0 Å². The number of hydrogen-bond donors (Lipinski definition) is 1. The molecule has 0 amide bonds. The summed E-state index contributed by atoms with van der Waals surface area (Å²) in [7, 11) is 0. The summed E-state index contributed by atoms with van der Waals surface area (Å²) < 4.78 is 27.8. The molecule has 1 fully saturated rings. The van der Waals surface area contributed by atoms with E-state index in [1.54, 1.807) is 0 Å². The Bertz CT molecular complexity index is 394. The Morgan fingerprint density at radius 1 is 1.38 bits per heavy atom. The van der Waals surface area contributed by atoms with E-state index in [1.807, 2.05) is 0 Å². The average molecular weight is 268 g/mol. The van der Waals surface area contributed by atoms with Gasteiger partial charge in [0.15, 0.2) is 0 Å². The molecule has 1 aliphatic rings. The molecule has 2 atom stereocenters. The quantitative estimate of drug-likeness (QED) is 0.854. The van der Waals surface area contributed by atoms with E-state index in [0.717, 1.165) is 12.1 Å². The smallest absolute Gasteiger partial charge is 0.276 e. The van der Waals surface area contributed by atoms with Crippen LogP contribution >= 0.6 is 23.2 Å². The second-order valence-electron chi connectivity index (χ2n) is 3.91. The standard InChI is InChI=1S/C10H9Cl2F2NO/c11-8-2-6(3-9(12)15-8)10(13,14)7-1-5(7)4-16/h2-3,5,7,16H,1,4H2/t5-,7+/m0/s1. The monoisotopic (exact) mass is 267 g/mol. The molecule has 0 unspecified atom stereocenters. The third kappa shape index (κ3) is 2.14. The van der Waals surface area contributed by atoms with Crippen LogP contribution in [0.25, 0.3) is 0 Å². The van der Waals surface area contributed by atoms with Gasteiger partial charge < -0.3 is 5.11 Å². The van der Waals surface area contributed by atoms with Crippen molar-refractivity contribution < 1.29 is 13.9 Å². The fourth-order valence-electron chi connectivity index (χ4n) is 1.76. The summed E-state index contributed by atoms with van der Waals surface area (Å²) in [6, 6.07) is 2.22. The summed E-state index contributed by atoms with van der Waals surface area (Å²) in [6.45, 7) is -0.215. The first-order valence-electron chi connectivity index (χ1n) is 4.77. The Labute approximate surface area is 101 Å². The van der Waals surface area contributed by atoms with Crippen molar-refractivity contribution in [3.05, 3.63) is 28.0 Å². The molecule has 6 heteroatoms. The van der Waals surface area contributed by atoms with Crippen molar-refractivity contribution in [2.45, 2.75) is 12.3 Å². The minimum Gasteiger partial charge on any atom is -0.396 e. The predicted molar refractivity (Wildman–Crippen MR) is 56.8 cm³/mol. The molecule has 0 saturated heterocycles. The zero-order valence-corrected chi connectivity index (χ0v) is 9.64. The lowest BCUT2D eigenvalue weighted by atomic mass is 10.0. The number of aromatic nitrogens is 1. The molecular weight excluding hydrogens is 259 g/mol. The predicted octanol–water partition coefficient (Wildman–Crippen LogP) is 3.11. The van der Waals surface area contributed by atoms with Crippen LogP contribution < -0.4 is 0 Å². The van der Waals surface area contributed by atoms with Crippen LogP contribution in [0, 0.1) is 11.8 Å². The van der Waals surface area contributed by atoms with Crippen molar-refractivity contribution >= 4 is 23.2 Å². The fraction of sp³-hybridized carbons (Fsp3) is 0.500. The highest BCUT2D eigenvalue weighted by atomic mass is 35.5. The Morgan fingerprint density at radius 3 is 2.38 bits per heavy atom. The molecule has 0 aromatic carbocycles. The van der Waals surface area contributed by atoms with Gasteiger partial charge in [0, 0.05) is 18.1 Å². The SMILES string of the molecule is OC[C@@H]1C[C@H]1C(F)(F)c1cc(Cl)nc(Cl)c1. The number of aliphatic hydroxyl groups excluding tert-OH is 1. The highest BCUT2D eigenvalue weighted by Crippen LogP contribution is 2.54. The minimum absolute atomic E-state index is 0.0524. The van der Waals surface area contributed by atoms with Crippen molar-refractivity contribution in [3.63, 3.8) is 0 Å². The second-order valence-corrected chi connectivity index (χ2v) is 4.68. The van der Waals surface area contributed by atoms with E-state index in [1.165, 1.54) is 0 Å². The number of rotatable bonds is 3. The van der Waals surface area contributed by atoms with Crippen LogP contribution in [0.2, 0.25) is 10.3 Å². The van der Waals surface area contributed by atoms with Crippen LogP contribution in [-0.2, 0) is 5.92 Å². The molecule has 1 heterocycles. The van der Waals surface area contributed by atoms with Gasteiger partial charge in [0.25, 0.3) is 5.92 Å². The van der Waals surface area contributed by atoms with Gasteiger partial charge >= 0.3 is 0 Å². The van der Waals surface area contributed by atoms with E-state index >= 15 is 0 Å². The lowest BCUT2D eigenvalue weighted by Gasteiger charge is -2.17. The van der Waals surface area contributed by atoms with Gasteiger partial charge in [-0.2, -0.15) is 0 Å². The molecule has 1 aromatic heterocycles. The first kappa shape index (κ1) is 12.0. The maximum Gasteiger partial charge on any atom is 0.276 e. The van der Waals surface area contributed by atoms with E-state index < -0.39 is 11.8 Å². The summed E-state index contributed by atoms with van der Waals surface area (Å²) in [5.74, 6) is -4.17. The molecule has 0 spiro atoms. The molecule has 2 rings (SSSR count). The average Bonchev–Trinajstić information content (AvgIpc) is 2.95. The number of nitrogens with zero attached hydrogens (tertiary/aromatic N) is 1. The van der Waals surface area contributed by atoms with Crippen LogP contribution in [0.1, 0.15) is 12.0 Å². The van der Waals surface area contributed by atoms with Gasteiger partial charge in [-0.3, -0.25) is 0 Å². The van der Waals surface area contributed by atoms with Crippen molar-refractivity contribution in [3.8, 4) is 0 Å². The molecule has 0 radical (unpaired) electrons. The van der Waals surface area contributed by atoms with E-state index in [-0.39, 0.29) is 28.4 Å². The zero-order valence-electron chi connectivity index (χ0n) is 8.13. The first-order chi connectivity index (χ1) is 7.45. The van der Waals surface area contributed by atoms with Gasteiger partial charge in [-0.15, -0.1) is 0 Å². The van der Waals surface area contributed by atoms with Gasteiger partial charge in [-0.25, -0.2) is 13.8 Å². The maximum absolute atomic E-state index is 13.9. The van der Waals surface area contributed by atoms with Crippen molar-refractivity contribution in [2.75, 3.05) is 6.61 Å². The molecule has 16 heavy (non-hydrogen) atoms. The number of alkyl halides is 2. The van der Waals surface area contributed by atoms with Crippen LogP contribution in [0.3, 0.4) is 0 Å². The molecule has 1 N–H and O–H groups in total. The first-order valence-corrected chi connectivity index (χ1v) is 5.53. The van der Waals surface area contributed by atoms with Crippen LogP contribution in [0.15, 0.2) is 12.1 Å². The van der Waals surface area contributed by atoms with Gasteiger partial charge in [0.05, 0.1) is 0 Å². The zero-order chi connectivity index (χ0) is 11.9. The summed E-state index contributed by atoms with van der Waals surface area (Å²) in [4.78, 5) is 3.61. The van der Waals surface area contributed by atoms with E-state index in [0.29, 0.717) is 6.42 Å². The minimum atomic E-state index is -3.01. The number of pyridine rings is 1. The van der Waals surface area contributed by atoms with Gasteiger partial charge in [0.1, 0.15) is 10.3 Å². The number of aliphatic hydroxyl groups is 1. The van der Waals surface area contributed by atoms with E-state index in [4.69, 9.17) is 28.3 Å². The molecule has 1 aromatic rings. The molecular formula is C10H9Cl2F2NO. The molecule has 2 nitrogen and oxygen atoms in total. The normalized spacial score (nSPS) is 24.6. The number of hydrogen-bond acceptors (Lipinski definition) is 2.